The van der Waals surface area contributed by atoms with E-state index in [-0.39, 0.29) is 0 Å². The zero-order chi connectivity index (χ0) is 9.07. The van der Waals surface area contributed by atoms with E-state index in [0.717, 1.165) is 6.61 Å². The third-order valence-electron chi connectivity index (χ3n) is 1.95. The van der Waals surface area contributed by atoms with Crippen molar-refractivity contribution in [2.75, 3.05) is 13.7 Å². The van der Waals surface area contributed by atoms with Gasteiger partial charge in [-0.25, -0.2) is 0 Å². The Labute approximate surface area is 76.8 Å². The predicted octanol–water partition coefficient (Wildman–Crippen LogP) is 3.55. The first kappa shape index (κ1) is 11.7. The molecular formula is C11H22O. The van der Waals surface area contributed by atoms with Crippen molar-refractivity contribution in [3.05, 3.63) is 12.2 Å². The van der Waals surface area contributed by atoms with Crippen LogP contribution in [0.15, 0.2) is 12.2 Å². The topological polar surface area (TPSA) is 9.23 Å². The molecule has 0 heterocycles. The summed E-state index contributed by atoms with van der Waals surface area (Å²) in [6.45, 7) is 2.78. The van der Waals surface area contributed by atoms with Gasteiger partial charge in [-0.1, -0.05) is 25.0 Å². The minimum atomic E-state index is 0.819. The Morgan fingerprint density at radius 3 is 1.75 bits per heavy atom. The second-order valence-electron chi connectivity index (χ2n) is 3.04. The second-order valence-corrected chi connectivity index (χ2v) is 3.04. The highest BCUT2D eigenvalue weighted by Gasteiger charge is 1.89. The van der Waals surface area contributed by atoms with Crippen molar-refractivity contribution >= 4 is 0 Å². The first-order chi connectivity index (χ1) is 5.91. The number of methoxy groups -OCH3 is 1. The number of allylic oxidation sites excluding steroid dienone is 2. The average molecular weight is 170 g/mol. The number of ether oxygens (including phenoxy) is 1. The molecule has 1 aliphatic carbocycles. The van der Waals surface area contributed by atoms with Gasteiger partial charge in [0.05, 0.1) is 0 Å². The molecule has 0 saturated carbocycles. The van der Waals surface area contributed by atoms with Gasteiger partial charge in [-0.15, -0.1) is 0 Å². The summed E-state index contributed by atoms with van der Waals surface area (Å²) >= 11 is 0. The fourth-order valence-electron chi connectivity index (χ4n) is 1.11. The Hall–Kier alpha value is -0.300. The van der Waals surface area contributed by atoms with Gasteiger partial charge >= 0.3 is 0 Å². The quantitative estimate of drug-likeness (QED) is 0.547. The van der Waals surface area contributed by atoms with E-state index < -0.39 is 0 Å². The maximum absolute atomic E-state index is 4.54. The van der Waals surface area contributed by atoms with Gasteiger partial charge in [-0.2, -0.15) is 0 Å². The van der Waals surface area contributed by atoms with E-state index in [1.54, 1.807) is 7.11 Å². The largest absolute Gasteiger partial charge is 0.385 e. The molecule has 0 aromatic carbocycles. The highest BCUT2D eigenvalue weighted by Crippen LogP contribution is 2.09. The Morgan fingerprint density at radius 1 is 1.00 bits per heavy atom. The molecule has 0 radical (unpaired) electrons. The van der Waals surface area contributed by atoms with Crippen molar-refractivity contribution < 1.29 is 4.74 Å². The molecule has 0 aromatic rings. The molecule has 0 amide bonds. The summed E-state index contributed by atoms with van der Waals surface area (Å²) in [5.41, 5.74) is 0. The zero-order valence-corrected chi connectivity index (χ0v) is 8.51. The third kappa shape index (κ3) is 9.70. The molecule has 0 fully saturated rings. The normalized spacial score (nSPS) is 17.2. The standard InChI is InChI=1S/C8H14.C3H8O/c1-2-4-6-8-7-5-3-1;1-3-4-2/h1-2H,3-8H2;3H2,1-2H3. The maximum atomic E-state index is 4.54. The van der Waals surface area contributed by atoms with E-state index in [4.69, 9.17) is 0 Å². The van der Waals surface area contributed by atoms with Crippen LogP contribution in [0.1, 0.15) is 45.4 Å². The Kier molecular flexibility index (Phi) is 10.4. The number of hydrogen-bond donors (Lipinski definition) is 0. The number of rotatable bonds is 1. The second kappa shape index (κ2) is 10.7. The Balaban J connectivity index is 0.000000261. The van der Waals surface area contributed by atoms with Gasteiger partial charge in [0.15, 0.2) is 0 Å². The molecule has 1 aliphatic rings. The lowest BCUT2D eigenvalue weighted by molar-refractivity contribution is 0.215. The van der Waals surface area contributed by atoms with E-state index in [9.17, 15) is 0 Å². The summed E-state index contributed by atoms with van der Waals surface area (Å²) in [5, 5.41) is 0. The van der Waals surface area contributed by atoms with E-state index >= 15 is 0 Å². The van der Waals surface area contributed by atoms with Gasteiger partial charge < -0.3 is 4.74 Å². The Bertz CT molecular complexity index is 85.2. The molecule has 1 nitrogen and oxygen atoms in total. The smallest absolute Gasteiger partial charge is 0.0433 e. The first-order valence-corrected chi connectivity index (χ1v) is 5.05. The first-order valence-electron chi connectivity index (χ1n) is 5.05. The van der Waals surface area contributed by atoms with E-state index in [1.807, 2.05) is 6.92 Å². The van der Waals surface area contributed by atoms with Crippen LogP contribution in [0.3, 0.4) is 0 Å². The van der Waals surface area contributed by atoms with Crippen molar-refractivity contribution in [3.63, 3.8) is 0 Å². The van der Waals surface area contributed by atoms with Crippen LogP contribution in [0.5, 0.6) is 0 Å². The van der Waals surface area contributed by atoms with Crippen molar-refractivity contribution in [3.8, 4) is 0 Å². The lowest BCUT2D eigenvalue weighted by atomic mass is 10.1. The minimum Gasteiger partial charge on any atom is -0.385 e. The van der Waals surface area contributed by atoms with E-state index in [1.165, 1.54) is 38.5 Å². The summed E-state index contributed by atoms with van der Waals surface area (Å²) in [4.78, 5) is 0. The molecule has 0 aromatic heterocycles. The summed E-state index contributed by atoms with van der Waals surface area (Å²) in [5.74, 6) is 0. The Morgan fingerprint density at radius 2 is 1.42 bits per heavy atom. The highest BCUT2D eigenvalue weighted by molar-refractivity contribution is 4.82. The summed E-state index contributed by atoms with van der Waals surface area (Å²) in [7, 11) is 1.68. The van der Waals surface area contributed by atoms with Crippen LogP contribution in [-0.2, 0) is 4.74 Å². The average Bonchev–Trinajstić information content (AvgIpc) is 2.04. The summed E-state index contributed by atoms with van der Waals surface area (Å²) in [6.07, 6.45) is 13.0. The molecule has 1 rings (SSSR count). The molecular weight excluding hydrogens is 148 g/mol. The summed E-state index contributed by atoms with van der Waals surface area (Å²) in [6, 6.07) is 0. The molecule has 0 N–H and O–H groups in total. The monoisotopic (exact) mass is 170 g/mol. The van der Waals surface area contributed by atoms with Crippen molar-refractivity contribution in [1.29, 1.82) is 0 Å². The molecule has 0 aliphatic heterocycles. The van der Waals surface area contributed by atoms with E-state index in [2.05, 4.69) is 16.9 Å². The SMILES string of the molecule is C1=CCCCCCC1.CCOC. The molecule has 1 heteroatoms. The fraction of sp³-hybridized carbons (Fsp3) is 0.818. The van der Waals surface area contributed by atoms with Gasteiger partial charge in [0.2, 0.25) is 0 Å². The molecule has 0 spiro atoms. The van der Waals surface area contributed by atoms with Gasteiger partial charge in [-0.3, -0.25) is 0 Å². The van der Waals surface area contributed by atoms with Crippen LogP contribution in [0.2, 0.25) is 0 Å². The minimum absolute atomic E-state index is 0.819. The maximum Gasteiger partial charge on any atom is 0.0433 e. The lowest BCUT2D eigenvalue weighted by Crippen LogP contribution is -1.80. The molecule has 12 heavy (non-hydrogen) atoms. The van der Waals surface area contributed by atoms with Crippen molar-refractivity contribution in [2.45, 2.75) is 45.4 Å². The molecule has 0 atom stereocenters. The van der Waals surface area contributed by atoms with E-state index in [0.29, 0.717) is 0 Å². The van der Waals surface area contributed by atoms with Gasteiger partial charge in [-0.05, 0) is 32.6 Å². The van der Waals surface area contributed by atoms with Crippen LogP contribution in [0.4, 0.5) is 0 Å². The third-order valence-corrected chi connectivity index (χ3v) is 1.95. The zero-order valence-electron chi connectivity index (χ0n) is 8.51. The van der Waals surface area contributed by atoms with Crippen LogP contribution in [-0.4, -0.2) is 13.7 Å². The van der Waals surface area contributed by atoms with Gasteiger partial charge in [0.25, 0.3) is 0 Å². The molecule has 0 saturated heterocycles. The van der Waals surface area contributed by atoms with Crippen LogP contribution in [0.25, 0.3) is 0 Å². The van der Waals surface area contributed by atoms with Gasteiger partial charge in [0, 0.05) is 13.7 Å². The summed E-state index contributed by atoms with van der Waals surface area (Å²) < 4.78 is 4.54. The lowest BCUT2D eigenvalue weighted by Gasteiger charge is -2.00. The highest BCUT2D eigenvalue weighted by atomic mass is 16.5. The number of hydrogen-bond acceptors (Lipinski definition) is 1. The van der Waals surface area contributed by atoms with Crippen LogP contribution < -0.4 is 0 Å². The van der Waals surface area contributed by atoms with Gasteiger partial charge in [0.1, 0.15) is 0 Å². The van der Waals surface area contributed by atoms with Crippen molar-refractivity contribution in [1.82, 2.24) is 0 Å². The molecule has 0 bridgehead atoms. The molecule has 0 unspecified atom stereocenters. The van der Waals surface area contributed by atoms with Crippen LogP contribution in [0, 0.1) is 0 Å². The van der Waals surface area contributed by atoms with Crippen molar-refractivity contribution in [2.24, 2.45) is 0 Å². The molecule has 72 valence electrons. The predicted molar refractivity (Wildman–Crippen MR) is 54.4 cm³/mol. The fourth-order valence-corrected chi connectivity index (χ4v) is 1.11. The van der Waals surface area contributed by atoms with Crippen LogP contribution >= 0.6 is 0 Å².